The van der Waals surface area contributed by atoms with E-state index in [-0.39, 0.29) is 12.5 Å². The Kier molecular flexibility index (Phi) is 5.57. The van der Waals surface area contributed by atoms with Crippen LogP contribution in [0.15, 0.2) is 48.5 Å². The number of hydrogen-bond acceptors (Lipinski definition) is 5. The van der Waals surface area contributed by atoms with Gasteiger partial charge in [0, 0.05) is 5.69 Å². The molecule has 0 aromatic heterocycles. The van der Waals surface area contributed by atoms with E-state index >= 15 is 0 Å². The smallest absolute Gasteiger partial charge is 0.337 e. The number of para-hydroxylation sites is 1. The zero-order valence-corrected chi connectivity index (χ0v) is 12.9. The standard InChI is InChI=1S/C17H17NO5/c1-21-15-10-12(17(20)22-2)8-9-14(15)23-11-16(19)18-13-6-4-3-5-7-13/h3-10H,11H2,1-2H3,(H,18,19). The Balaban J connectivity index is 1.99. The van der Waals surface area contributed by atoms with Crippen LogP contribution in [0.5, 0.6) is 11.5 Å². The number of ether oxygens (including phenoxy) is 3. The quantitative estimate of drug-likeness (QED) is 0.829. The summed E-state index contributed by atoms with van der Waals surface area (Å²) in [4.78, 5) is 23.3. The first-order chi connectivity index (χ1) is 11.1. The second-order valence-corrected chi connectivity index (χ2v) is 4.56. The van der Waals surface area contributed by atoms with E-state index in [9.17, 15) is 9.59 Å². The van der Waals surface area contributed by atoms with Gasteiger partial charge in [0.25, 0.3) is 5.91 Å². The van der Waals surface area contributed by atoms with Gasteiger partial charge >= 0.3 is 5.97 Å². The normalized spacial score (nSPS) is 9.83. The maximum absolute atomic E-state index is 11.9. The van der Waals surface area contributed by atoms with E-state index in [1.54, 1.807) is 24.3 Å². The first-order valence-electron chi connectivity index (χ1n) is 6.88. The molecule has 0 saturated heterocycles. The molecular weight excluding hydrogens is 298 g/mol. The number of hydrogen-bond donors (Lipinski definition) is 1. The van der Waals surface area contributed by atoms with E-state index in [4.69, 9.17) is 9.47 Å². The molecule has 1 N–H and O–H groups in total. The molecule has 0 unspecified atom stereocenters. The number of carbonyl (C=O) groups excluding carboxylic acids is 2. The molecule has 0 atom stereocenters. The second-order valence-electron chi connectivity index (χ2n) is 4.56. The lowest BCUT2D eigenvalue weighted by Crippen LogP contribution is -2.20. The Hall–Kier alpha value is -3.02. The van der Waals surface area contributed by atoms with Crippen molar-refractivity contribution < 1.29 is 23.8 Å². The Morgan fingerprint density at radius 2 is 1.74 bits per heavy atom. The average molecular weight is 315 g/mol. The summed E-state index contributed by atoms with van der Waals surface area (Å²) in [5, 5.41) is 2.71. The van der Waals surface area contributed by atoms with Gasteiger partial charge in [0.05, 0.1) is 19.8 Å². The van der Waals surface area contributed by atoms with Gasteiger partial charge in [-0.3, -0.25) is 4.79 Å². The highest BCUT2D eigenvalue weighted by atomic mass is 16.5. The number of amides is 1. The van der Waals surface area contributed by atoms with Crippen molar-refractivity contribution in [3.63, 3.8) is 0 Å². The number of esters is 1. The van der Waals surface area contributed by atoms with E-state index in [0.29, 0.717) is 22.7 Å². The highest BCUT2D eigenvalue weighted by Crippen LogP contribution is 2.28. The highest BCUT2D eigenvalue weighted by molar-refractivity contribution is 5.92. The van der Waals surface area contributed by atoms with Crippen LogP contribution < -0.4 is 14.8 Å². The van der Waals surface area contributed by atoms with Crippen LogP contribution in [0.25, 0.3) is 0 Å². The van der Waals surface area contributed by atoms with Crippen LogP contribution in [0, 0.1) is 0 Å². The maximum Gasteiger partial charge on any atom is 0.337 e. The van der Waals surface area contributed by atoms with Crippen LogP contribution in [0.3, 0.4) is 0 Å². The molecule has 0 aliphatic heterocycles. The van der Waals surface area contributed by atoms with E-state index in [0.717, 1.165) is 0 Å². The highest BCUT2D eigenvalue weighted by Gasteiger charge is 2.12. The fraction of sp³-hybridized carbons (Fsp3) is 0.176. The van der Waals surface area contributed by atoms with Gasteiger partial charge in [-0.05, 0) is 30.3 Å². The van der Waals surface area contributed by atoms with Gasteiger partial charge in [-0.1, -0.05) is 18.2 Å². The summed E-state index contributed by atoms with van der Waals surface area (Å²) < 4.78 is 15.2. The molecule has 0 aliphatic rings. The SMILES string of the molecule is COC(=O)c1ccc(OCC(=O)Nc2ccccc2)c(OC)c1. The minimum atomic E-state index is -0.475. The minimum Gasteiger partial charge on any atom is -0.493 e. The first-order valence-corrected chi connectivity index (χ1v) is 6.88. The Morgan fingerprint density at radius 1 is 1.00 bits per heavy atom. The fourth-order valence-corrected chi connectivity index (χ4v) is 1.89. The molecule has 0 saturated carbocycles. The van der Waals surface area contributed by atoms with Crippen molar-refractivity contribution in [2.24, 2.45) is 0 Å². The molecule has 0 fully saturated rings. The van der Waals surface area contributed by atoms with E-state index < -0.39 is 5.97 Å². The molecule has 2 aromatic carbocycles. The maximum atomic E-state index is 11.9. The molecule has 2 rings (SSSR count). The molecule has 6 heteroatoms. The zero-order chi connectivity index (χ0) is 16.7. The number of carbonyl (C=O) groups is 2. The molecular formula is C17H17NO5. The molecule has 2 aromatic rings. The predicted octanol–water partition coefficient (Wildman–Crippen LogP) is 2.50. The van der Waals surface area contributed by atoms with Crippen LogP contribution in [0.4, 0.5) is 5.69 Å². The van der Waals surface area contributed by atoms with Gasteiger partial charge < -0.3 is 19.5 Å². The largest absolute Gasteiger partial charge is 0.493 e. The second kappa shape index (κ2) is 7.84. The first kappa shape index (κ1) is 16.4. The van der Waals surface area contributed by atoms with E-state index in [2.05, 4.69) is 10.1 Å². The number of nitrogens with one attached hydrogen (secondary N) is 1. The van der Waals surface area contributed by atoms with E-state index in [1.807, 2.05) is 18.2 Å². The van der Waals surface area contributed by atoms with Crippen molar-refractivity contribution in [2.75, 3.05) is 26.1 Å². The van der Waals surface area contributed by atoms with Crippen LogP contribution in [-0.2, 0) is 9.53 Å². The van der Waals surface area contributed by atoms with Crippen LogP contribution in [0.1, 0.15) is 10.4 Å². The summed E-state index contributed by atoms with van der Waals surface area (Å²) in [6.45, 7) is -0.178. The summed E-state index contributed by atoms with van der Waals surface area (Å²) in [7, 11) is 2.75. The van der Waals surface area contributed by atoms with Crippen LogP contribution in [-0.4, -0.2) is 32.7 Å². The van der Waals surface area contributed by atoms with Crippen molar-refractivity contribution in [2.45, 2.75) is 0 Å². The number of rotatable bonds is 6. The number of anilines is 1. The van der Waals surface area contributed by atoms with Crippen molar-refractivity contribution in [3.05, 3.63) is 54.1 Å². The molecule has 0 radical (unpaired) electrons. The monoisotopic (exact) mass is 315 g/mol. The third-order valence-corrected chi connectivity index (χ3v) is 3.00. The fourth-order valence-electron chi connectivity index (χ4n) is 1.89. The number of benzene rings is 2. The van der Waals surface area contributed by atoms with Gasteiger partial charge in [0.1, 0.15) is 0 Å². The third-order valence-electron chi connectivity index (χ3n) is 3.00. The van der Waals surface area contributed by atoms with Gasteiger partial charge in [0.15, 0.2) is 18.1 Å². The number of methoxy groups -OCH3 is 2. The summed E-state index contributed by atoms with van der Waals surface area (Å²) in [6, 6.07) is 13.7. The summed E-state index contributed by atoms with van der Waals surface area (Å²) in [6.07, 6.45) is 0. The molecule has 23 heavy (non-hydrogen) atoms. The van der Waals surface area contributed by atoms with Crippen LogP contribution in [0.2, 0.25) is 0 Å². The van der Waals surface area contributed by atoms with Crippen molar-refractivity contribution in [3.8, 4) is 11.5 Å². The lowest BCUT2D eigenvalue weighted by atomic mass is 10.2. The topological polar surface area (TPSA) is 73.9 Å². The van der Waals surface area contributed by atoms with Crippen molar-refractivity contribution >= 4 is 17.6 Å². The van der Waals surface area contributed by atoms with Crippen molar-refractivity contribution in [1.29, 1.82) is 0 Å². The summed E-state index contributed by atoms with van der Waals surface area (Å²) >= 11 is 0. The molecule has 6 nitrogen and oxygen atoms in total. The Morgan fingerprint density at radius 3 is 2.39 bits per heavy atom. The lowest BCUT2D eigenvalue weighted by Gasteiger charge is -2.12. The molecule has 0 spiro atoms. The molecule has 1 amide bonds. The average Bonchev–Trinajstić information content (AvgIpc) is 2.60. The third kappa shape index (κ3) is 4.47. The molecule has 120 valence electrons. The van der Waals surface area contributed by atoms with Crippen molar-refractivity contribution in [1.82, 2.24) is 0 Å². The van der Waals surface area contributed by atoms with Gasteiger partial charge in [0.2, 0.25) is 0 Å². The molecule has 0 bridgehead atoms. The summed E-state index contributed by atoms with van der Waals surface area (Å²) in [5.74, 6) is -0.0595. The van der Waals surface area contributed by atoms with E-state index in [1.165, 1.54) is 20.3 Å². The van der Waals surface area contributed by atoms with Crippen LogP contribution >= 0.6 is 0 Å². The Labute approximate surface area is 134 Å². The molecule has 0 aliphatic carbocycles. The van der Waals surface area contributed by atoms with Gasteiger partial charge in [-0.25, -0.2) is 4.79 Å². The zero-order valence-electron chi connectivity index (χ0n) is 12.9. The molecule has 0 heterocycles. The van der Waals surface area contributed by atoms with Gasteiger partial charge in [-0.2, -0.15) is 0 Å². The predicted molar refractivity (Wildman–Crippen MR) is 84.9 cm³/mol. The lowest BCUT2D eigenvalue weighted by molar-refractivity contribution is -0.118. The summed E-state index contributed by atoms with van der Waals surface area (Å²) in [5.41, 5.74) is 1.03. The van der Waals surface area contributed by atoms with Gasteiger partial charge in [-0.15, -0.1) is 0 Å². The minimum absolute atomic E-state index is 0.178. The Bertz CT molecular complexity index is 685.